The zero-order valence-corrected chi connectivity index (χ0v) is 10.7. The maximum atomic E-state index is 10.2. The molecule has 0 radical (unpaired) electrons. The highest BCUT2D eigenvalue weighted by Gasteiger charge is 2.35. The van der Waals surface area contributed by atoms with E-state index in [4.69, 9.17) is 4.74 Å². The number of hydrogen-bond acceptors (Lipinski definition) is 2. The predicted octanol–water partition coefficient (Wildman–Crippen LogP) is 3.30. The van der Waals surface area contributed by atoms with Crippen molar-refractivity contribution in [2.24, 2.45) is 0 Å². The van der Waals surface area contributed by atoms with Gasteiger partial charge in [-0.05, 0) is 32.6 Å². The lowest BCUT2D eigenvalue weighted by Gasteiger charge is -2.36. The van der Waals surface area contributed by atoms with E-state index in [1.807, 2.05) is 6.92 Å². The van der Waals surface area contributed by atoms with Crippen LogP contribution >= 0.6 is 0 Å². The Hall–Kier alpha value is -0.340. The van der Waals surface area contributed by atoms with Gasteiger partial charge in [0.15, 0.2) is 0 Å². The summed E-state index contributed by atoms with van der Waals surface area (Å²) in [6.07, 6.45) is 2.83. The number of rotatable bonds is 8. The van der Waals surface area contributed by atoms with Crippen LogP contribution in [0.15, 0.2) is 12.2 Å². The number of aliphatic hydroxyl groups excluding tert-OH is 1. The van der Waals surface area contributed by atoms with E-state index in [2.05, 4.69) is 27.4 Å². The van der Waals surface area contributed by atoms with Crippen LogP contribution in [-0.2, 0) is 4.74 Å². The molecule has 0 rings (SSSR count). The van der Waals surface area contributed by atoms with Gasteiger partial charge in [-0.15, -0.1) is 0 Å². The van der Waals surface area contributed by atoms with Crippen molar-refractivity contribution in [1.29, 1.82) is 0 Å². The summed E-state index contributed by atoms with van der Waals surface area (Å²) in [4.78, 5) is 0. The first-order valence-corrected chi connectivity index (χ1v) is 6.04. The third-order valence-electron chi connectivity index (χ3n) is 3.22. The predicted molar refractivity (Wildman–Crippen MR) is 65.0 cm³/mol. The average Bonchev–Trinajstić information content (AvgIpc) is 2.25. The molecule has 0 fully saturated rings. The molecule has 2 heteroatoms. The molecule has 0 aliphatic heterocycles. The van der Waals surface area contributed by atoms with E-state index in [1.165, 1.54) is 0 Å². The average molecular weight is 214 g/mol. The quantitative estimate of drug-likeness (QED) is 0.628. The minimum Gasteiger partial charge on any atom is -0.390 e. The van der Waals surface area contributed by atoms with Gasteiger partial charge >= 0.3 is 0 Å². The van der Waals surface area contributed by atoms with Crippen LogP contribution in [0.25, 0.3) is 0 Å². The molecule has 2 nitrogen and oxygen atoms in total. The number of ether oxygens (including phenoxy) is 1. The Morgan fingerprint density at radius 1 is 1.27 bits per heavy atom. The largest absolute Gasteiger partial charge is 0.390 e. The molecule has 0 amide bonds. The third kappa shape index (κ3) is 3.96. The SMILES string of the molecule is C=C(CC)CC(O)C(CC)(CC)OCC. The highest BCUT2D eigenvalue weighted by Crippen LogP contribution is 2.28. The molecule has 0 aromatic carbocycles. The fraction of sp³-hybridized carbons (Fsp3) is 0.846. The first kappa shape index (κ1) is 14.7. The number of hydrogen-bond donors (Lipinski definition) is 1. The summed E-state index contributed by atoms with van der Waals surface area (Å²) >= 11 is 0. The smallest absolute Gasteiger partial charge is 0.0937 e. The van der Waals surface area contributed by atoms with Crippen molar-refractivity contribution in [3.05, 3.63) is 12.2 Å². The van der Waals surface area contributed by atoms with Crippen LogP contribution in [0.3, 0.4) is 0 Å². The molecule has 0 saturated carbocycles. The summed E-state index contributed by atoms with van der Waals surface area (Å²) in [5, 5.41) is 10.2. The van der Waals surface area contributed by atoms with Crippen LogP contribution in [0.4, 0.5) is 0 Å². The van der Waals surface area contributed by atoms with Crippen LogP contribution in [-0.4, -0.2) is 23.4 Å². The maximum absolute atomic E-state index is 10.2. The van der Waals surface area contributed by atoms with Crippen LogP contribution < -0.4 is 0 Å². The van der Waals surface area contributed by atoms with E-state index >= 15 is 0 Å². The number of aliphatic hydroxyl groups is 1. The molecule has 0 aromatic heterocycles. The van der Waals surface area contributed by atoms with E-state index in [0.717, 1.165) is 24.8 Å². The van der Waals surface area contributed by atoms with Crippen molar-refractivity contribution >= 4 is 0 Å². The van der Waals surface area contributed by atoms with Crippen molar-refractivity contribution in [2.75, 3.05) is 6.61 Å². The van der Waals surface area contributed by atoms with Gasteiger partial charge in [-0.25, -0.2) is 0 Å². The van der Waals surface area contributed by atoms with Gasteiger partial charge in [-0.1, -0.05) is 32.9 Å². The topological polar surface area (TPSA) is 29.5 Å². The van der Waals surface area contributed by atoms with E-state index in [-0.39, 0.29) is 5.60 Å². The van der Waals surface area contributed by atoms with Gasteiger partial charge in [0.25, 0.3) is 0 Å². The summed E-state index contributed by atoms with van der Waals surface area (Å²) in [6.45, 7) is 12.8. The molecule has 1 N–H and O–H groups in total. The molecule has 1 atom stereocenters. The van der Waals surface area contributed by atoms with Gasteiger partial charge in [0.05, 0.1) is 11.7 Å². The van der Waals surface area contributed by atoms with Crippen LogP contribution in [0.2, 0.25) is 0 Å². The molecular formula is C13H26O2. The minimum absolute atomic E-state index is 0.382. The lowest BCUT2D eigenvalue weighted by Crippen LogP contribution is -2.44. The van der Waals surface area contributed by atoms with E-state index in [1.54, 1.807) is 0 Å². The second kappa shape index (κ2) is 7.02. The third-order valence-corrected chi connectivity index (χ3v) is 3.22. The van der Waals surface area contributed by atoms with Crippen molar-refractivity contribution < 1.29 is 9.84 Å². The molecule has 15 heavy (non-hydrogen) atoms. The monoisotopic (exact) mass is 214 g/mol. The second-order valence-electron chi connectivity index (χ2n) is 4.03. The molecule has 0 aliphatic rings. The molecule has 0 spiro atoms. The molecule has 0 heterocycles. The van der Waals surface area contributed by atoms with Crippen molar-refractivity contribution in [1.82, 2.24) is 0 Å². The van der Waals surface area contributed by atoms with Gasteiger partial charge in [0, 0.05) is 6.61 Å². The molecule has 0 bridgehead atoms. The summed E-state index contributed by atoms with van der Waals surface area (Å²) in [6, 6.07) is 0. The molecular weight excluding hydrogens is 188 g/mol. The first-order valence-electron chi connectivity index (χ1n) is 6.04. The van der Waals surface area contributed by atoms with E-state index < -0.39 is 6.10 Å². The Kier molecular flexibility index (Phi) is 6.86. The highest BCUT2D eigenvalue weighted by atomic mass is 16.5. The van der Waals surface area contributed by atoms with Crippen LogP contribution in [0.1, 0.15) is 53.4 Å². The Morgan fingerprint density at radius 3 is 2.13 bits per heavy atom. The summed E-state index contributed by atoms with van der Waals surface area (Å²) in [5.74, 6) is 0. The summed E-state index contributed by atoms with van der Waals surface area (Å²) < 4.78 is 5.74. The molecule has 0 aliphatic carbocycles. The zero-order valence-electron chi connectivity index (χ0n) is 10.7. The summed E-state index contributed by atoms with van der Waals surface area (Å²) in [7, 11) is 0. The Bertz CT molecular complexity index is 183. The van der Waals surface area contributed by atoms with Crippen molar-refractivity contribution in [2.45, 2.75) is 65.1 Å². The highest BCUT2D eigenvalue weighted by molar-refractivity contribution is 5.00. The van der Waals surface area contributed by atoms with Crippen LogP contribution in [0, 0.1) is 0 Å². The standard InChI is InChI=1S/C13H26O2/c1-6-11(5)10-12(14)13(7-2,8-3)15-9-4/h12,14H,5-10H2,1-4H3. The fourth-order valence-electron chi connectivity index (χ4n) is 1.91. The maximum Gasteiger partial charge on any atom is 0.0937 e. The van der Waals surface area contributed by atoms with Crippen molar-refractivity contribution in [3.8, 4) is 0 Å². The Labute approximate surface area is 94.3 Å². The Balaban J connectivity index is 4.52. The molecule has 1 unspecified atom stereocenters. The summed E-state index contributed by atoms with van der Waals surface area (Å²) in [5.41, 5.74) is 0.709. The van der Waals surface area contributed by atoms with Crippen molar-refractivity contribution in [3.63, 3.8) is 0 Å². The minimum atomic E-state index is -0.431. The molecule has 90 valence electrons. The van der Waals surface area contributed by atoms with Gasteiger partial charge < -0.3 is 9.84 Å². The van der Waals surface area contributed by atoms with Crippen LogP contribution in [0.5, 0.6) is 0 Å². The van der Waals surface area contributed by atoms with Gasteiger partial charge in [0.2, 0.25) is 0 Å². The van der Waals surface area contributed by atoms with Gasteiger partial charge in [-0.3, -0.25) is 0 Å². The second-order valence-corrected chi connectivity index (χ2v) is 4.03. The fourth-order valence-corrected chi connectivity index (χ4v) is 1.91. The Morgan fingerprint density at radius 2 is 1.80 bits per heavy atom. The first-order chi connectivity index (χ1) is 7.06. The lowest BCUT2D eigenvalue weighted by atomic mass is 9.86. The van der Waals surface area contributed by atoms with E-state index in [0.29, 0.717) is 13.0 Å². The zero-order chi connectivity index (χ0) is 11.9. The van der Waals surface area contributed by atoms with E-state index in [9.17, 15) is 5.11 Å². The normalized spacial score (nSPS) is 13.9. The van der Waals surface area contributed by atoms with Gasteiger partial charge in [0.1, 0.15) is 0 Å². The molecule has 0 aromatic rings. The molecule has 0 saturated heterocycles. The van der Waals surface area contributed by atoms with Gasteiger partial charge in [-0.2, -0.15) is 0 Å². The lowest BCUT2D eigenvalue weighted by molar-refractivity contribution is -0.124.